The van der Waals surface area contributed by atoms with Crippen LogP contribution in [-0.4, -0.2) is 35.8 Å². The van der Waals surface area contributed by atoms with E-state index in [0.29, 0.717) is 35.5 Å². The minimum Gasteiger partial charge on any atom is -0.472 e. The van der Waals surface area contributed by atoms with Gasteiger partial charge in [0.2, 0.25) is 0 Å². The lowest BCUT2D eigenvalue weighted by Gasteiger charge is -1.96. The van der Waals surface area contributed by atoms with Gasteiger partial charge in [0.1, 0.15) is 17.9 Å². The summed E-state index contributed by atoms with van der Waals surface area (Å²) in [6.45, 7) is 25.5. The van der Waals surface area contributed by atoms with Gasteiger partial charge in [-0.25, -0.2) is 4.98 Å². The maximum atomic E-state index is 5.09. The number of hydrogen-bond acceptors (Lipinski definition) is 9. The van der Waals surface area contributed by atoms with Crippen molar-refractivity contribution in [2.24, 2.45) is 0 Å². The largest absolute Gasteiger partial charge is 0.472 e. The molecule has 0 aromatic carbocycles. The molecule has 11 heteroatoms. The molecule has 6 rings (SSSR count). The van der Waals surface area contributed by atoms with E-state index in [0.717, 1.165) is 17.4 Å². The number of aromatic nitrogens is 7. The molecular formula is C43H81N7O2S2. The zero-order valence-corrected chi connectivity index (χ0v) is 32.5. The van der Waals surface area contributed by atoms with Crippen molar-refractivity contribution >= 4 is 22.7 Å². The highest BCUT2D eigenvalue weighted by Gasteiger charge is 2.01. The lowest BCUT2D eigenvalue weighted by molar-refractivity contribution is 0.487. The molecule has 6 aromatic rings. The van der Waals surface area contributed by atoms with Gasteiger partial charge in [-0.2, -0.15) is 21.6 Å². The number of aromatic amines is 2. The van der Waals surface area contributed by atoms with Crippen molar-refractivity contribution in [2.75, 3.05) is 0 Å². The van der Waals surface area contributed by atoms with Gasteiger partial charge in [0, 0.05) is 22.6 Å². The van der Waals surface area contributed by atoms with E-state index in [1.165, 1.54) is 22.3 Å². The number of hydrogen-bond donors (Lipinski definition) is 2. The standard InChI is InChI=1S/2C7H10O.2C7H10S.C5H9N3.C4H8N4.6CH4/c1-6(2)7-3-4-8-5-7;1-6(2)7-4-3-5-8-7;1-6(2)7-3-4-8-5-7;1-6(2)7-4-3-5-8-7;1-4(2)5-6-3-7-8-5;1-3(2)4-5-7-8-6-4;;;;;;/h4*3-6H,1-2H3;3-4H,1-2H3,(H,6,7,8);3H,1-2H3,(H,5,6,7,8);6*1H4. The van der Waals surface area contributed by atoms with Gasteiger partial charge in [-0.3, -0.25) is 5.10 Å². The fraction of sp³-hybridized carbons (Fsp3) is 0.558. The molecule has 0 saturated carbocycles. The first kappa shape index (κ1) is 62.2. The van der Waals surface area contributed by atoms with E-state index in [1.54, 1.807) is 30.1 Å². The van der Waals surface area contributed by atoms with E-state index in [9.17, 15) is 0 Å². The molecule has 6 heterocycles. The van der Waals surface area contributed by atoms with E-state index in [2.05, 4.69) is 139 Å². The van der Waals surface area contributed by atoms with Crippen molar-refractivity contribution in [3.8, 4) is 0 Å². The van der Waals surface area contributed by atoms with Gasteiger partial charge in [-0.05, 0) is 75.4 Å². The second-order valence-electron chi connectivity index (χ2n) is 12.7. The van der Waals surface area contributed by atoms with Gasteiger partial charge in [-0.15, -0.1) is 21.5 Å². The van der Waals surface area contributed by atoms with Crippen molar-refractivity contribution in [1.82, 2.24) is 35.8 Å². The minimum atomic E-state index is 0. The van der Waals surface area contributed by atoms with Crippen LogP contribution < -0.4 is 0 Å². The van der Waals surface area contributed by atoms with Crippen molar-refractivity contribution in [3.63, 3.8) is 0 Å². The molecule has 0 aliphatic heterocycles. The normalized spacial score (nSPS) is 9.22. The molecule has 0 atom stereocenters. The number of furan rings is 2. The molecule has 0 bridgehead atoms. The Kier molecular flexibility index (Phi) is 41.6. The lowest BCUT2D eigenvalue weighted by Crippen LogP contribution is -1.88. The third kappa shape index (κ3) is 27.7. The van der Waals surface area contributed by atoms with Crippen LogP contribution in [0.2, 0.25) is 0 Å². The average molecular weight is 792 g/mol. The summed E-state index contributed by atoms with van der Waals surface area (Å²) in [7, 11) is 0. The first-order valence-electron chi connectivity index (χ1n) is 16.5. The summed E-state index contributed by atoms with van der Waals surface area (Å²) in [6.07, 6.45) is 6.71. The third-order valence-electron chi connectivity index (χ3n) is 6.50. The molecule has 0 aliphatic carbocycles. The molecule has 0 radical (unpaired) electrons. The summed E-state index contributed by atoms with van der Waals surface area (Å²) in [5.41, 5.74) is 2.72. The van der Waals surface area contributed by atoms with Crippen LogP contribution in [0.1, 0.15) is 197 Å². The Labute approximate surface area is 340 Å². The number of H-pyrrole nitrogens is 2. The number of thiophene rings is 2. The van der Waals surface area contributed by atoms with Crippen molar-refractivity contribution in [3.05, 3.63) is 111 Å². The molecule has 0 amide bonds. The van der Waals surface area contributed by atoms with Crippen LogP contribution in [0.3, 0.4) is 0 Å². The Balaban J connectivity index is -0.000000125. The molecule has 2 N–H and O–H groups in total. The molecule has 6 aromatic heterocycles. The van der Waals surface area contributed by atoms with Gasteiger partial charge >= 0.3 is 0 Å². The van der Waals surface area contributed by atoms with Gasteiger partial charge in [0.15, 0.2) is 5.82 Å². The van der Waals surface area contributed by atoms with Crippen LogP contribution in [0.5, 0.6) is 0 Å². The number of tetrazole rings is 1. The van der Waals surface area contributed by atoms with E-state index in [-0.39, 0.29) is 44.6 Å². The molecule has 54 heavy (non-hydrogen) atoms. The van der Waals surface area contributed by atoms with E-state index in [4.69, 9.17) is 8.83 Å². The van der Waals surface area contributed by atoms with Crippen LogP contribution in [0.4, 0.5) is 0 Å². The second-order valence-corrected chi connectivity index (χ2v) is 14.5. The predicted molar refractivity (Wildman–Crippen MR) is 242 cm³/mol. The highest BCUT2D eigenvalue weighted by Crippen LogP contribution is 2.19. The molecule has 9 nitrogen and oxygen atoms in total. The topological polar surface area (TPSA) is 122 Å². The van der Waals surface area contributed by atoms with Gasteiger partial charge in [-0.1, -0.05) is 139 Å². The monoisotopic (exact) mass is 792 g/mol. The van der Waals surface area contributed by atoms with Crippen molar-refractivity contribution in [1.29, 1.82) is 0 Å². The Bertz CT molecular complexity index is 1160. The zero-order valence-electron chi connectivity index (χ0n) is 30.8. The maximum Gasteiger partial charge on any atom is 0.177 e. The quantitative estimate of drug-likeness (QED) is 0.172. The Morgan fingerprint density at radius 1 is 0.630 bits per heavy atom. The predicted octanol–water partition coefficient (Wildman–Crippen LogP) is 15.6. The van der Waals surface area contributed by atoms with Gasteiger partial charge in [0.05, 0.1) is 18.8 Å². The molecule has 0 saturated heterocycles. The summed E-state index contributed by atoms with van der Waals surface area (Å²) in [5.74, 6) is 6.11. The van der Waals surface area contributed by atoms with Crippen LogP contribution in [0.15, 0.2) is 86.5 Å². The molecule has 312 valence electrons. The maximum absolute atomic E-state index is 5.09. The summed E-state index contributed by atoms with van der Waals surface area (Å²) >= 11 is 3.60. The Morgan fingerprint density at radius 2 is 1.28 bits per heavy atom. The summed E-state index contributed by atoms with van der Waals surface area (Å²) < 4.78 is 9.97. The van der Waals surface area contributed by atoms with E-state index in [1.807, 2.05) is 43.4 Å². The summed E-state index contributed by atoms with van der Waals surface area (Å²) in [6, 6.07) is 12.3. The molecule has 0 spiro atoms. The zero-order chi connectivity index (χ0) is 35.9. The first-order chi connectivity index (χ1) is 22.8. The Hall–Kier alpha value is -3.83. The highest BCUT2D eigenvalue weighted by atomic mass is 32.1. The molecule has 0 aliphatic rings. The average Bonchev–Trinajstić information content (AvgIpc) is 3.91. The van der Waals surface area contributed by atoms with Gasteiger partial charge in [0.25, 0.3) is 0 Å². The van der Waals surface area contributed by atoms with Crippen molar-refractivity contribution in [2.45, 2.75) is 163 Å². The second kappa shape index (κ2) is 36.2. The fourth-order valence-corrected chi connectivity index (χ4v) is 4.92. The van der Waals surface area contributed by atoms with Crippen LogP contribution in [0.25, 0.3) is 0 Å². The Morgan fingerprint density at radius 3 is 1.50 bits per heavy atom. The molecule has 0 unspecified atom stereocenters. The van der Waals surface area contributed by atoms with Crippen LogP contribution >= 0.6 is 22.7 Å². The lowest BCUT2D eigenvalue weighted by atomic mass is 10.1. The number of rotatable bonds is 6. The van der Waals surface area contributed by atoms with E-state index < -0.39 is 0 Å². The number of nitrogens with zero attached hydrogens (tertiary/aromatic N) is 5. The SMILES string of the molecule is C.C.C.C.C.C.CC(C)c1ccco1.CC(C)c1cccs1.CC(C)c1ccoc1.CC(C)c1ccsc1.CC(C)c1ncn[nH]1.CC(C)c1nn[nH]n1. The minimum absolute atomic E-state index is 0. The fourth-order valence-electron chi connectivity index (χ4n) is 3.35. The van der Waals surface area contributed by atoms with Crippen molar-refractivity contribution < 1.29 is 8.83 Å². The summed E-state index contributed by atoms with van der Waals surface area (Å²) in [5, 5.41) is 26.2. The first-order valence-corrected chi connectivity index (χ1v) is 18.3. The third-order valence-corrected chi connectivity index (χ3v) is 8.38. The smallest absolute Gasteiger partial charge is 0.177 e. The molecular weight excluding hydrogens is 711 g/mol. The summed E-state index contributed by atoms with van der Waals surface area (Å²) in [4.78, 5) is 5.43. The number of nitrogens with one attached hydrogen (secondary N) is 2. The highest BCUT2D eigenvalue weighted by molar-refractivity contribution is 7.10. The molecule has 0 fully saturated rings. The van der Waals surface area contributed by atoms with Gasteiger partial charge < -0.3 is 8.83 Å². The van der Waals surface area contributed by atoms with Crippen LogP contribution in [-0.2, 0) is 0 Å². The van der Waals surface area contributed by atoms with E-state index >= 15 is 0 Å². The van der Waals surface area contributed by atoms with Crippen LogP contribution in [0, 0.1) is 0 Å².